The molecule has 0 atom stereocenters. The molecule has 0 unspecified atom stereocenters. The molecule has 1 aliphatic heterocycles. The fourth-order valence-electron chi connectivity index (χ4n) is 5.31. The van der Waals surface area contributed by atoms with Crippen molar-refractivity contribution >= 4 is 22.1 Å². The number of nitrogens with zero attached hydrogens (tertiary/aromatic N) is 6. The van der Waals surface area contributed by atoms with Crippen molar-refractivity contribution in [3.8, 4) is 33.6 Å². The number of rotatable bonds is 5. The minimum Gasteiger partial charge on any atom is -0.338 e. The highest BCUT2D eigenvalue weighted by molar-refractivity contribution is 5.99. The second kappa shape index (κ2) is 9.22. The van der Waals surface area contributed by atoms with Crippen molar-refractivity contribution in [1.82, 2.24) is 40.0 Å². The first-order chi connectivity index (χ1) is 18.3. The van der Waals surface area contributed by atoms with E-state index in [0.717, 1.165) is 69.7 Å². The van der Waals surface area contributed by atoms with Crippen LogP contribution in [0.4, 0.5) is 0 Å². The Balaban J connectivity index is 1.26. The normalized spacial score (nSPS) is 14.5. The average molecular weight is 487 g/mol. The summed E-state index contributed by atoms with van der Waals surface area (Å²) in [5.41, 5.74) is 8.75. The Morgan fingerprint density at radius 3 is 2.57 bits per heavy atom. The van der Waals surface area contributed by atoms with Crippen LogP contribution in [0.25, 0.3) is 55.7 Å². The van der Waals surface area contributed by atoms with E-state index >= 15 is 0 Å². The third kappa shape index (κ3) is 4.15. The standard InChI is InChI=1S/C29H26N8/c1-2-9-37(10-3-1)18-19-11-21(16-31-14-19)22-12-25-27(35-36-29(25)33-17-22)26-13-24-23(6-8-32-28(24)34-26)20-5-4-7-30-15-20/h4-8,11-17H,1-3,9-10,18H2,(H,32,34)(H,33,35,36). The molecular weight excluding hydrogens is 460 g/mol. The Kier molecular flexibility index (Phi) is 5.44. The summed E-state index contributed by atoms with van der Waals surface area (Å²) in [4.78, 5) is 24.0. The number of nitrogens with one attached hydrogen (secondary N) is 2. The van der Waals surface area contributed by atoms with Crippen LogP contribution in [0, 0.1) is 0 Å². The molecule has 182 valence electrons. The van der Waals surface area contributed by atoms with E-state index in [1.54, 1.807) is 6.20 Å². The molecule has 2 N–H and O–H groups in total. The van der Waals surface area contributed by atoms with Crippen molar-refractivity contribution in [3.05, 3.63) is 79.1 Å². The van der Waals surface area contributed by atoms with Gasteiger partial charge in [-0.1, -0.05) is 12.5 Å². The summed E-state index contributed by atoms with van der Waals surface area (Å²) in [6.07, 6.45) is 15.1. The van der Waals surface area contributed by atoms with Gasteiger partial charge in [-0.05, 0) is 67.4 Å². The molecule has 7 heterocycles. The van der Waals surface area contributed by atoms with Gasteiger partial charge in [-0.15, -0.1) is 0 Å². The van der Waals surface area contributed by atoms with Gasteiger partial charge >= 0.3 is 0 Å². The Bertz CT molecular complexity index is 1700. The summed E-state index contributed by atoms with van der Waals surface area (Å²) in [5, 5.41) is 9.64. The number of piperidine rings is 1. The van der Waals surface area contributed by atoms with Gasteiger partial charge in [0.15, 0.2) is 5.65 Å². The number of hydrogen-bond acceptors (Lipinski definition) is 6. The van der Waals surface area contributed by atoms with Crippen molar-refractivity contribution in [2.24, 2.45) is 0 Å². The van der Waals surface area contributed by atoms with Crippen LogP contribution in [-0.2, 0) is 6.54 Å². The molecule has 7 rings (SSSR count). The van der Waals surface area contributed by atoms with Crippen molar-refractivity contribution in [2.75, 3.05) is 13.1 Å². The first kappa shape index (κ1) is 21.8. The molecule has 0 saturated carbocycles. The van der Waals surface area contributed by atoms with E-state index in [0.29, 0.717) is 5.65 Å². The summed E-state index contributed by atoms with van der Waals surface area (Å²) < 4.78 is 0. The lowest BCUT2D eigenvalue weighted by Gasteiger charge is -2.26. The second-order valence-electron chi connectivity index (χ2n) is 9.66. The van der Waals surface area contributed by atoms with Gasteiger partial charge in [-0.25, -0.2) is 9.97 Å². The summed E-state index contributed by atoms with van der Waals surface area (Å²) in [6.45, 7) is 3.27. The van der Waals surface area contributed by atoms with Gasteiger partial charge in [0.05, 0.1) is 11.4 Å². The number of H-pyrrole nitrogens is 2. The zero-order valence-corrected chi connectivity index (χ0v) is 20.4. The van der Waals surface area contributed by atoms with Gasteiger partial charge in [-0.2, -0.15) is 5.10 Å². The summed E-state index contributed by atoms with van der Waals surface area (Å²) in [5.74, 6) is 0. The van der Waals surface area contributed by atoms with Crippen LogP contribution in [0.1, 0.15) is 24.8 Å². The quantitative estimate of drug-likeness (QED) is 0.329. The van der Waals surface area contributed by atoms with E-state index < -0.39 is 0 Å². The van der Waals surface area contributed by atoms with Crippen molar-refractivity contribution in [1.29, 1.82) is 0 Å². The van der Waals surface area contributed by atoms with E-state index in [-0.39, 0.29) is 0 Å². The number of hydrogen-bond donors (Lipinski definition) is 2. The zero-order valence-electron chi connectivity index (χ0n) is 20.4. The van der Waals surface area contributed by atoms with E-state index in [4.69, 9.17) is 0 Å². The molecule has 37 heavy (non-hydrogen) atoms. The maximum Gasteiger partial charge on any atom is 0.181 e. The lowest BCUT2D eigenvalue weighted by molar-refractivity contribution is 0.220. The van der Waals surface area contributed by atoms with Crippen molar-refractivity contribution < 1.29 is 0 Å². The third-order valence-corrected chi connectivity index (χ3v) is 7.17. The molecule has 1 fully saturated rings. The van der Waals surface area contributed by atoms with Gasteiger partial charge in [-0.3, -0.25) is 20.0 Å². The van der Waals surface area contributed by atoms with Crippen molar-refractivity contribution in [2.45, 2.75) is 25.8 Å². The van der Waals surface area contributed by atoms with Gasteiger partial charge in [0, 0.05) is 71.2 Å². The van der Waals surface area contributed by atoms with E-state index in [9.17, 15) is 0 Å². The number of likely N-dealkylation sites (tertiary alicyclic amines) is 1. The Hall–Kier alpha value is -4.43. The van der Waals surface area contributed by atoms with E-state index in [2.05, 4.69) is 64.3 Å². The summed E-state index contributed by atoms with van der Waals surface area (Å²) in [6, 6.07) is 12.5. The highest BCUT2D eigenvalue weighted by atomic mass is 15.2. The van der Waals surface area contributed by atoms with E-state index in [1.165, 1.54) is 24.8 Å². The van der Waals surface area contributed by atoms with Gasteiger partial charge in [0.2, 0.25) is 0 Å². The number of aromatic nitrogens is 7. The monoisotopic (exact) mass is 486 g/mol. The molecule has 6 aromatic rings. The predicted molar refractivity (Wildman–Crippen MR) is 145 cm³/mol. The zero-order chi connectivity index (χ0) is 24.6. The first-order valence-corrected chi connectivity index (χ1v) is 12.7. The lowest BCUT2D eigenvalue weighted by Crippen LogP contribution is -2.29. The fraction of sp³-hybridized carbons (Fsp3) is 0.207. The van der Waals surface area contributed by atoms with Crippen LogP contribution in [0.3, 0.4) is 0 Å². The molecule has 0 spiro atoms. The lowest BCUT2D eigenvalue weighted by atomic mass is 10.0. The Labute approximate surface area is 213 Å². The minimum absolute atomic E-state index is 0.676. The summed E-state index contributed by atoms with van der Waals surface area (Å²) in [7, 11) is 0. The molecule has 0 aliphatic carbocycles. The Morgan fingerprint density at radius 2 is 1.68 bits per heavy atom. The fourth-order valence-corrected chi connectivity index (χ4v) is 5.31. The predicted octanol–water partition coefficient (Wildman–Crippen LogP) is 5.61. The van der Waals surface area contributed by atoms with Gasteiger partial charge < -0.3 is 4.98 Å². The molecular formula is C29H26N8. The first-order valence-electron chi connectivity index (χ1n) is 12.7. The van der Waals surface area contributed by atoms with Crippen LogP contribution < -0.4 is 0 Å². The molecule has 8 nitrogen and oxygen atoms in total. The van der Waals surface area contributed by atoms with Crippen LogP contribution in [0.5, 0.6) is 0 Å². The molecule has 1 aliphatic rings. The molecule has 8 heteroatoms. The molecule has 6 aromatic heterocycles. The second-order valence-corrected chi connectivity index (χ2v) is 9.66. The van der Waals surface area contributed by atoms with E-state index in [1.807, 2.05) is 43.1 Å². The highest BCUT2D eigenvalue weighted by Crippen LogP contribution is 2.34. The van der Waals surface area contributed by atoms with Crippen LogP contribution >= 0.6 is 0 Å². The highest BCUT2D eigenvalue weighted by Gasteiger charge is 2.16. The molecule has 0 aromatic carbocycles. The van der Waals surface area contributed by atoms with Gasteiger partial charge in [0.25, 0.3) is 0 Å². The molecule has 0 amide bonds. The van der Waals surface area contributed by atoms with Gasteiger partial charge in [0.1, 0.15) is 5.65 Å². The maximum atomic E-state index is 4.65. The van der Waals surface area contributed by atoms with Crippen molar-refractivity contribution in [3.63, 3.8) is 0 Å². The van der Waals surface area contributed by atoms with Crippen LogP contribution in [0.15, 0.2) is 73.6 Å². The smallest absolute Gasteiger partial charge is 0.181 e. The SMILES string of the molecule is c1cncc(-c2ccnc3[nH]c(-c4[nH]nc5ncc(-c6cncc(CN7CCCCC7)c6)cc45)cc23)c1. The number of fused-ring (bicyclic) bond motifs is 2. The summed E-state index contributed by atoms with van der Waals surface area (Å²) >= 11 is 0. The Morgan fingerprint density at radius 1 is 0.784 bits per heavy atom. The molecule has 1 saturated heterocycles. The average Bonchev–Trinajstić information content (AvgIpc) is 3.58. The minimum atomic E-state index is 0.676. The largest absolute Gasteiger partial charge is 0.338 e. The third-order valence-electron chi connectivity index (χ3n) is 7.17. The van der Waals surface area contributed by atoms with Crippen LogP contribution in [-0.4, -0.2) is 53.1 Å². The number of aromatic amines is 2. The maximum absolute atomic E-state index is 4.65. The number of pyridine rings is 4. The molecule has 0 radical (unpaired) electrons. The topological polar surface area (TPSA) is 99.3 Å². The molecule has 0 bridgehead atoms. The van der Waals surface area contributed by atoms with Crippen LogP contribution in [0.2, 0.25) is 0 Å².